The van der Waals surface area contributed by atoms with Crippen LogP contribution in [0.15, 0.2) is 18.2 Å². The highest BCUT2D eigenvalue weighted by Gasteiger charge is 2.11. The van der Waals surface area contributed by atoms with E-state index in [2.05, 4.69) is 22.2 Å². The minimum atomic E-state index is -0.167. The molecule has 112 valence electrons. The zero-order chi connectivity index (χ0) is 15.4. The van der Waals surface area contributed by atoms with Crippen LogP contribution in [-0.4, -0.2) is 26.7 Å². The number of aromatic hydroxyl groups is 2. The van der Waals surface area contributed by atoms with Gasteiger partial charge in [-0.25, -0.2) is 9.97 Å². The molecule has 0 amide bonds. The highest BCUT2D eigenvalue weighted by Crippen LogP contribution is 2.29. The fourth-order valence-corrected chi connectivity index (χ4v) is 2.18. The number of nitrogens with one attached hydrogen (secondary N) is 1. The Morgan fingerprint density at radius 3 is 2.29 bits per heavy atom. The number of hydrogen-bond donors (Lipinski definition) is 3. The average molecular weight is 287 g/mol. The van der Waals surface area contributed by atoms with Gasteiger partial charge in [0.05, 0.1) is 0 Å². The van der Waals surface area contributed by atoms with Gasteiger partial charge in [0.15, 0.2) is 17.3 Å². The number of rotatable bonds is 5. The Balaban J connectivity index is 2.32. The molecule has 1 aromatic heterocycles. The maximum Gasteiger partial charge on any atom is 0.159 e. The van der Waals surface area contributed by atoms with Crippen LogP contribution < -0.4 is 5.32 Å². The molecule has 2 aromatic rings. The van der Waals surface area contributed by atoms with Crippen LogP contribution in [0.2, 0.25) is 0 Å². The molecule has 3 N–H and O–H groups in total. The molecule has 0 saturated carbocycles. The number of aryl methyl sites for hydroxylation is 2. The van der Waals surface area contributed by atoms with E-state index in [9.17, 15) is 10.2 Å². The predicted octanol–water partition coefficient (Wildman–Crippen LogP) is 2.67. The summed E-state index contributed by atoms with van der Waals surface area (Å²) >= 11 is 0. The van der Waals surface area contributed by atoms with Crippen molar-refractivity contribution in [3.05, 3.63) is 35.2 Å². The lowest BCUT2D eigenvalue weighted by molar-refractivity contribution is 0.404. The summed E-state index contributed by atoms with van der Waals surface area (Å²) in [6, 6.07) is 4.60. The molecule has 0 aliphatic carbocycles. The van der Waals surface area contributed by atoms with Crippen LogP contribution in [0.3, 0.4) is 0 Å². The Bertz CT molecular complexity index is 618. The molecular weight excluding hydrogens is 266 g/mol. The monoisotopic (exact) mass is 287 g/mol. The molecule has 0 saturated heterocycles. The lowest BCUT2D eigenvalue weighted by Crippen LogP contribution is -2.17. The van der Waals surface area contributed by atoms with Crippen molar-refractivity contribution in [3.8, 4) is 22.9 Å². The summed E-state index contributed by atoms with van der Waals surface area (Å²) in [5.41, 5.74) is 3.64. The van der Waals surface area contributed by atoms with Gasteiger partial charge in [0.1, 0.15) is 0 Å². The normalized spacial score (nSPS) is 10.8. The van der Waals surface area contributed by atoms with Gasteiger partial charge in [0, 0.05) is 29.1 Å². The molecule has 1 aromatic carbocycles. The summed E-state index contributed by atoms with van der Waals surface area (Å²) in [7, 11) is 0. The minimum Gasteiger partial charge on any atom is -0.504 e. The predicted molar refractivity (Wildman–Crippen MR) is 82.3 cm³/mol. The van der Waals surface area contributed by atoms with Gasteiger partial charge in [-0.05, 0) is 45.0 Å². The van der Waals surface area contributed by atoms with Gasteiger partial charge in [0.25, 0.3) is 0 Å². The SMILES string of the molecule is CCCNCc1c(C)nc(-c2ccc(O)c(O)c2)nc1C. The zero-order valence-corrected chi connectivity index (χ0v) is 12.6. The van der Waals surface area contributed by atoms with E-state index in [0.717, 1.165) is 36.5 Å². The summed E-state index contributed by atoms with van der Waals surface area (Å²) in [6.07, 6.45) is 1.09. The van der Waals surface area contributed by atoms with E-state index in [0.29, 0.717) is 11.4 Å². The highest BCUT2D eigenvalue weighted by atomic mass is 16.3. The van der Waals surface area contributed by atoms with Crippen molar-refractivity contribution in [1.29, 1.82) is 0 Å². The van der Waals surface area contributed by atoms with E-state index >= 15 is 0 Å². The second kappa shape index (κ2) is 6.54. The molecule has 2 rings (SSSR count). The van der Waals surface area contributed by atoms with E-state index in [-0.39, 0.29) is 11.5 Å². The van der Waals surface area contributed by atoms with Gasteiger partial charge in [-0.1, -0.05) is 6.92 Å². The quantitative estimate of drug-likeness (QED) is 0.582. The molecule has 0 aliphatic rings. The molecular formula is C16H21N3O2. The van der Waals surface area contributed by atoms with Gasteiger partial charge >= 0.3 is 0 Å². The number of phenols is 2. The van der Waals surface area contributed by atoms with Gasteiger partial charge in [0.2, 0.25) is 0 Å². The Kier molecular flexibility index (Phi) is 4.75. The van der Waals surface area contributed by atoms with Gasteiger partial charge in [-0.15, -0.1) is 0 Å². The largest absolute Gasteiger partial charge is 0.504 e. The first kappa shape index (κ1) is 15.3. The summed E-state index contributed by atoms with van der Waals surface area (Å²) in [5, 5.41) is 22.3. The summed E-state index contributed by atoms with van der Waals surface area (Å²) < 4.78 is 0. The molecule has 1 heterocycles. The van der Waals surface area contributed by atoms with Crippen molar-refractivity contribution < 1.29 is 10.2 Å². The van der Waals surface area contributed by atoms with Crippen molar-refractivity contribution >= 4 is 0 Å². The van der Waals surface area contributed by atoms with Crippen molar-refractivity contribution in [3.63, 3.8) is 0 Å². The molecule has 0 atom stereocenters. The number of nitrogens with zero attached hydrogens (tertiary/aromatic N) is 2. The molecule has 0 unspecified atom stereocenters. The molecule has 5 heteroatoms. The van der Waals surface area contributed by atoms with Gasteiger partial charge < -0.3 is 15.5 Å². The number of benzene rings is 1. The third-order valence-corrected chi connectivity index (χ3v) is 3.38. The maximum absolute atomic E-state index is 9.58. The fraction of sp³-hybridized carbons (Fsp3) is 0.375. The second-order valence-electron chi connectivity index (χ2n) is 5.08. The van der Waals surface area contributed by atoms with Crippen LogP contribution in [0.5, 0.6) is 11.5 Å². The molecule has 0 spiro atoms. The Hall–Kier alpha value is -2.14. The van der Waals surface area contributed by atoms with Crippen LogP contribution >= 0.6 is 0 Å². The first-order valence-corrected chi connectivity index (χ1v) is 7.10. The van der Waals surface area contributed by atoms with Crippen LogP contribution in [0.25, 0.3) is 11.4 Å². The first-order valence-electron chi connectivity index (χ1n) is 7.10. The van der Waals surface area contributed by atoms with Crippen molar-refractivity contribution in [2.45, 2.75) is 33.7 Å². The molecule has 5 nitrogen and oxygen atoms in total. The molecule has 21 heavy (non-hydrogen) atoms. The van der Waals surface area contributed by atoms with E-state index in [1.54, 1.807) is 6.07 Å². The average Bonchev–Trinajstić information content (AvgIpc) is 2.44. The first-order chi connectivity index (χ1) is 10.0. The summed E-state index contributed by atoms with van der Waals surface area (Å²) in [6.45, 7) is 7.77. The third-order valence-electron chi connectivity index (χ3n) is 3.38. The van der Waals surface area contributed by atoms with Crippen LogP contribution in [0.4, 0.5) is 0 Å². The number of phenolic OH excluding ortho intramolecular Hbond substituents is 2. The van der Waals surface area contributed by atoms with Crippen LogP contribution in [0.1, 0.15) is 30.3 Å². The van der Waals surface area contributed by atoms with Crippen molar-refractivity contribution in [1.82, 2.24) is 15.3 Å². The zero-order valence-electron chi connectivity index (χ0n) is 12.6. The Morgan fingerprint density at radius 1 is 1.05 bits per heavy atom. The lowest BCUT2D eigenvalue weighted by Gasteiger charge is -2.12. The minimum absolute atomic E-state index is 0.146. The topological polar surface area (TPSA) is 78.3 Å². The standard InChI is InChI=1S/C16H21N3O2/c1-4-7-17-9-13-10(2)18-16(19-11(13)3)12-5-6-14(20)15(21)8-12/h5-6,8,17,20-21H,4,7,9H2,1-3H3. The van der Waals surface area contributed by atoms with E-state index in [1.165, 1.54) is 12.1 Å². The van der Waals surface area contributed by atoms with E-state index < -0.39 is 0 Å². The smallest absolute Gasteiger partial charge is 0.159 e. The van der Waals surface area contributed by atoms with E-state index in [1.807, 2.05) is 13.8 Å². The molecule has 0 radical (unpaired) electrons. The maximum atomic E-state index is 9.58. The van der Waals surface area contributed by atoms with Gasteiger partial charge in [-0.2, -0.15) is 0 Å². The molecule has 0 fully saturated rings. The van der Waals surface area contributed by atoms with Crippen molar-refractivity contribution in [2.24, 2.45) is 0 Å². The van der Waals surface area contributed by atoms with Crippen LogP contribution in [0, 0.1) is 13.8 Å². The molecule has 0 aliphatic heterocycles. The fourth-order valence-electron chi connectivity index (χ4n) is 2.18. The Labute approximate surface area is 124 Å². The lowest BCUT2D eigenvalue weighted by atomic mass is 10.1. The highest BCUT2D eigenvalue weighted by molar-refractivity contribution is 5.61. The second-order valence-corrected chi connectivity index (χ2v) is 5.08. The Morgan fingerprint density at radius 2 is 1.71 bits per heavy atom. The molecule has 0 bridgehead atoms. The van der Waals surface area contributed by atoms with Gasteiger partial charge in [-0.3, -0.25) is 0 Å². The number of aromatic nitrogens is 2. The van der Waals surface area contributed by atoms with Crippen LogP contribution in [-0.2, 0) is 6.54 Å². The van der Waals surface area contributed by atoms with E-state index in [4.69, 9.17) is 0 Å². The summed E-state index contributed by atoms with van der Waals surface area (Å²) in [4.78, 5) is 9.02. The number of hydrogen-bond acceptors (Lipinski definition) is 5. The van der Waals surface area contributed by atoms with Crippen molar-refractivity contribution in [2.75, 3.05) is 6.54 Å². The summed E-state index contributed by atoms with van der Waals surface area (Å²) in [5.74, 6) is 0.243. The third kappa shape index (κ3) is 3.49.